The van der Waals surface area contributed by atoms with Crippen LogP contribution in [-0.4, -0.2) is 83.3 Å². The van der Waals surface area contributed by atoms with Crippen molar-refractivity contribution in [2.24, 2.45) is 0 Å². The minimum atomic E-state index is -1.39. The monoisotopic (exact) mass is 481 g/mol. The van der Waals surface area contributed by atoms with Gasteiger partial charge in [-0.2, -0.15) is 0 Å². The van der Waals surface area contributed by atoms with Gasteiger partial charge in [0.1, 0.15) is 24.6 Å². The lowest BCUT2D eigenvalue weighted by Gasteiger charge is -2.38. The molecule has 0 unspecified atom stereocenters. The normalized spacial score (nSPS) is 25.4. The second-order valence-electron chi connectivity index (χ2n) is 8.23. The van der Waals surface area contributed by atoms with Gasteiger partial charge in [0.2, 0.25) is 11.8 Å². The van der Waals surface area contributed by atoms with Crippen LogP contribution in [0.2, 0.25) is 0 Å². The van der Waals surface area contributed by atoms with Crippen molar-refractivity contribution in [1.29, 1.82) is 0 Å². The van der Waals surface area contributed by atoms with Crippen molar-refractivity contribution < 1.29 is 39.2 Å². The summed E-state index contributed by atoms with van der Waals surface area (Å²) in [4.78, 5) is 35.1. The Morgan fingerprint density at radius 1 is 1.06 bits per heavy atom. The number of aldehydes is 1. The van der Waals surface area contributed by atoms with Crippen LogP contribution in [0.15, 0.2) is 30.3 Å². The van der Waals surface area contributed by atoms with Gasteiger partial charge in [0.05, 0.1) is 18.8 Å². The number of rotatable bonds is 14. The lowest BCUT2D eigenvalue weighted by molar-refractivity contribution is -0.292. The number of amides is 2. The fourth-order valence-corrected chi connectivity index (χ4v) is 3.41. The van der Waals surface area contributed by atoms with Crippen LogP contribution in [0, 0.1) is 0 Å². The van der Waals surface area contributed by atoms with E-state index in [1.165, 1.54) is 0 Å². The van der Waals surface area contributed by atoms with Crippen molar-refractivity contribution in [2.45, 2.75) is 75.8 Å². The zero-order valence-electron chi connectivity index (χ0n) is 19.3. The van der Waals surface area contributed by atoms with E-state index in [0.717, 1.165) is 11.8 Å². The van der Waals surface area contributed by atoms with Gasteiger partial charge >= 0.3 is 0 Å². The lowest BCUT2D eigenvalue weighted by atomic mass is 10.0. The van der Waals surface area contributed by atoms with E-state index < -0.39 is 36.7 Å². The molecule has 6 N–H and O–H groups in total. The van der Waals surface area contributed by atoms with E-state index in [9.17, 15) is 29.7 Å². The summed E-state index contributed by atoms with van der Waals surface area (Å²) in [7, 11) is 0. The topological polar surface area (TPSA) is 166 Å². The fraction of sp³-hybridized carbons (Fsp3) is 0.609. The summed E-state index contributed by atoms with van der Waals surface area (Å²) >= 11 is 0. The number of unbranched alkanes of at least 4 members (excludes halogenated alkanes) is 1. The van der Waals surface area contributed by atoms with Gasteiger partial charge in [0.15, 0.2) is 6.29 Å². The van der Waals surface area contributed by atoms with E-state index in [2.05, 4.69) is 16.2 Å². The number of carbonyl (C=O) groups is 3. The van der Waals surface area contributed by atoms with Gasteiger partial charge in [0, 0.05) is 19.4 Å². The maximum atomic E-state index is 11.9. The molecule has 1 aromatic rings. The average Bonchev–Trinajstić information content (AvgIpc) is 2.84. The number of aliphatic hydroxyl groups is 3. The van der Waals surface area contributed by atoms with Gasteiger partial charge in [0.25, 0.3) is 0 Å². The van der Waals surface area contributed by atoms with Crippen LogP contribution in [0.25, 0.3) is 0 Å². The van der Waals surface area contributed by atoms with E-state index >= 15 is 0 Å². The molecule has 1 aliphatic heterocycles. The molecule has 1 saturated heterocycles. The van der Waals surface area contributed by atoms with E-state index in [1.807, 2.05) is 30.3 Å². The van der Waals surface area contributed by atoms with E-state index in [1.54, 1.807) is 6.92 Å². The Balaban J connectivity index is 1.51. The molecule has 1 aromatic carbocycles. The van der Waals surface area contributed by atoms with Crippen molar-refractivity contribution in [1.82, 2.24) is 16.2 Å². The summed E-state index contributed by atoms with van der Waals surface area (Å²) in [5.41, 5.74) is 6.22. The fourth-order valence-electron chi connectivity index (χ4n) is 3.41. The highest BCUT2D eigenvalue weighted by molar-refractivity contribution is 5.77. The van der Waals surface area contributed by atoms with Gasteiger partial charge < -0.3 is 34.9 Å². The molecule has 0 aromatic heterocycles. The van der Waals surface area contributed by atoms with Gasteiger partial charge in [-0.05, 0) is 31.7 Å². The van der Waals surface area contributed by atoms with Crippen molar-refractivity contribution in [3.8, 4) is 0 Å². The maximum Gasteiger partial charge on any atom is 0.234 e. The third-order valence-electron chi connectivity index (χ3n) is 5.43. The number of benzene rings is 1. The number of hydrogen-bond acceptors (Lipinski definition) is 9. The second kappa shape index (κ2) is 14.8. The predicted octanol–water partition coefficient (Wildman–Crippen LogP) is -1.06. The molecule has 0 aliphatic carbocycles. The average molecular weight is 482 g/mol. The number of hydrogen-bond donors (Lipinski definition) is 6. The molecule has 1 fully saturated rings. The Labute approximate surface area is 198 Å². The SMILES string of the molecule is C[C@@H]1O[C@@H](OCCNC(=O)CCCCC(=O)NN[C@H](C=O)Cc2ccccc2)[C@@H](O)[C@H](O)[C@@H]1O. The number of aliphatic hydroxyl groups excluding tert-OH is 3. The molecule has 0 bridgehead atoms. The molecular weight excluding hydrogens is 446 g/mol. The first kappa shape index (κ1) is 27.8. The zero-order chi connectivity index (χ0) is 24.9. The van der Waals surface area contributed by atoms with Crippen molar-refractivity contribution in [3.05, 3.63) is 35.9 Å². The molecule has 1 heterocycles. The Hall–Kier alpha value is -2.41. The Morgan fingerprint density at radius 3 is 2.41 bits per heavy atom. The van der Waals surface area contributed by atoms with Gasteiger partial charge in [-0.1, -0.05) is 30.3 Å². The Morgan fingerprint density at radius 2 is 1.74 bits per heavy atom. The summed E-state index contributed by atoms with van der Waals surface area (Å²) in [6.45, 7) is 1.79. The summed E-state index contributed by atoms with van der Waals surface area (Å²) in [6, 6.07) is 8.93. The van der Waals surface area contributed by atoms with Crippen LogP contribution < -0.4 is 16.2 Å². The largest absolute Gasteiger partial charge is 0.388 e. The highest BCUT2D eigenvalue weighted by Crippen LogP contribution is 2.21. The molecule has 11 nitrogen and oxygen atoms in total. The molecule has 0 radical (unpaired) electrons. The molecular formula is C23H35N3O8. The van der Waals surface area contributed by atoms with E-state index in [0.29, 0.717) is 19.3 Å². The zero-order valence-corrected chi connectivity index (χ0v) is 19.3. The molecule has 2 amide bonds. The number of ether oxygens (including phenoxy) is 2. The molecule has 1 aliphatic rings. The van der Waals surface area contributed by atoms with E-state index in [4.69, 9.17) is 9.47 Å². The van der Waals surface area contributed by atoms with Crippen LogP contribution in [0.4, 0.5) is 0 Å². The highest BCUT2D eigenvalue weighted by Gasteiger charge is 2.42. The lowest BCUT2D eigenvalue weighted by Crippen LogP contribution is -2.57. The van der Waals surface area contributed by atoms with Crippen LogP contribution in [0.1, 0.15) is 38.2 Å². The van der Waals surface area contributed by atoms with Gasteiger partial charge in [-0.15, -0.1) is 0 Å². The van der Waals surface area contributed by atoms with Crippen LogP contribution in [0.3, 0.4) is 0 Å². The predicted molar refractivity (Wildman–Crippen MR) is 121 cm³/mol. The summed E-state index contributed by atoms with van der Waals surface area (Å²) < 4.78 is 10.6. The first-order valence-corrected chi connectivity index (χ1v) is 11.4. The quantitative estimate of drug-likeness (QED) is 0.110. The highest BCUT2D eigenvalue weighted by atomic mass is 16.7. The van der Waals surface area contributed by atoms with E-state index in [-0.39, 0.29) is 37.8 Å². The Bertz CT molecular complexity index is 766. The summed E-state index contributed by atoms with van der Waals surface area (Å²) in [5.74, 6) is -0.471. The first-order valence-electron chi connectivity index (χ1n) is 11.4. The molecule has 34 heavy (non-hydrogen) atoms. The molecule has 0 spiro atoms. The molecule has 0 saturated carbocycles. The van der Waals surface area contributed by atoms with Crippen molar-refractivity contribution in [2.75, 3.05) is 13.2 Å². The first-order chi connectivity index (χ1) is 16.3. The third-order valence-corrected chi connectivity index (χ3v) is 5.43. The van der Waals surface area contributed by atoms with Crippen LogP contribution >= 0.6 is 0 Å². The Kier molecular flexibility index (Phi) is 12.1. The minimum absolute atomic E-state index is 0.0535. The van der Waals surface area contributed by atoms with Crippen LogP contribution in [-0.2, 0) is 30.3 Å². The summed E-state index contributed by atoms with van der Waals surface area (Å²) in [5, 5.41) is 31.9. The smallest absolute Gasteiger partial charge is 0.234 e. The summed E-state index contributed by atoms with van der Waals surface area (Å²) in [6.07, 6.45) is -3.09. The third kappa shape index (κ3) is 9.45. The maximum absolute atomic E-state index is 11.9. The molecule has 2 rings (SSSR count). The van der Waals surface area contributed by atoms with Crippen molar-refractivity contribution in [3.63, 3.8) is 0 Å². The number of carbonyl (C=O) groups excluding carboxylic acids is 3. The number of hydrazine groups is 1. The van der Waals surface area contributed by atoms with Gasteiger partial charge in [-0.25, -0.2) is 5.43 Å². The molecule has 6 atom stereocenters. The molecule has 190 valence electrons. The molecule has 11 heteroatoms. The van der Waals surface area contributed by atoms with Gasteiger partial charge in [-0.3, -0.25) is 15.0 Å². The van der Waals surface area contributed by atoms with Crippen LogP contribution in [0.5, 0.6) is 0 Å². The van der Waals surface area contributed by atoms with Crippen molar-refractivity contribution >= 4 is 18.1 Å². The minimum Gasteiger partial charge on any atom is -0.388 e. The standard InChI is InChI=1S/C23H35N3O8/c1-15-20(30)21(31)22(32)23(34-15)33-12-11-24-18(28)9-5-6-10-19(29)26-25-17(14-27)13-16-7-3-2-4-8-16/h2-4,7-8,14-15,17,20-23,25,30-32H,5-6,9-13H2,1H3,(H,24,28)(H,26,29)/t15-,17-,20+,21+,22-,23+/m0/s1. The second-order valence-corrected chi connectivity index (χ2v) is 8.23. The number of nitrogens with one attached hydrogen (secondary N) is 3.